The summed E-state index contributed by atoms with van der Waals surface area (Å²) in [7, 11) is 0. The fraction of sp³-hybridized carbons (Fsp3) is 0.800. The number of carboxylic acids is 1. The van der Waals surface area contributed by atoms with Crippen molar-refractivity contribution in [3.8, 4) is 0 Å². The lowest BCUT2D eigenvalue weighted by atomic mass is 10.0. The number of carbonyl (C=O) groups is 2. The van der Waals surface area contributed by atoms with Crippen LogP contribution in [-0.2, 0) is 9.59 Å². The first-order chi connectivity index (χ1) is 6.66. The number of hydrogen-bond acceptors (Lipinski definition) is 2. The number of likely N-dealkylation sites (tertiary alicyclic amines) is 1. The zero-order chi connectivity index (χ0) is 10.1. The number of carbonyl (C=O) groups excluding carboxylic acids is 1. The molecule has 2 atom stereocenters. The maximum atomic E-state index is 11.4. The minimum absolute atomic E-state index is 0.216. The Balaban J connectivity index is 1.89. The Labute approximate surface area is 82.9 Å². The highest BCUT2D eigenvalue weighted by atomic mass is 16.4. The van der Waals surface area contributed by atoms with E-state index in [-0.39, 0.29) is 12.3 Å². The van der Waals surface area contributed by atoms with E-state index < -0.39 is 5.97 Å². The summed E-state index contributed by atoms with van der Waals surface area (Å²) in [4.78, 5) is 23.5. The lowest BCUT2D eigenvalue weighted by Crippen LogP contribution is -2.31. The molecule has 2 aliphatic rings. The molecule has 1 heterocycles. The van der Waals surface area contributed by atoms with Gasteiger partial charge in [-0.25, -0.2) is 0 Å². The molecule has 1 saturated carbocycles. The molecule has 2 rings (SSSR count). The minimum Gasteiger partial charge on any atom is -0.481 e. The van der Waals surface area contributed by atoms with Gasteiger partial charge in [-0.2, -0.15) is 0 Å². The smallest absolute Gasteiger partial charge is 0.312 e. The van der Waals surface area contributed by atoms with Gasteiger partial charge in [0.15, 0.2) is 0 Å². The van der Waals surface area contributed by atoms with E-state index in [9.17, 15) is 9.59 Å². The summed E-state index contributed by atoms with van der Waals surface area (Å²) in [6.07, 6.45) is 3.35. The third kappa shape index (κ3) is 1.74. The van der Waals surface area contributed by atoms with Gasteiger partial charge in [0, 0.05) is 13.1 Å². The van der Waals surface area contributed by atoms with Crippen molar-refractivity contribution in [2.45, 2.75) is 25.7 Å². The maximum absolute atomic E-state index is 11.4. The third-order valence-corrected chi connectivity index (χ3v) is 3.38. The monoisotopic (exact) mass is 197 g/mol. The highest BCUT2D eigenvalue weighted by molar-refractivity contribution is 5.93. The summed E-state index contributed by atoms with van der Waals surface area (Å²) >= 11 is 0. The van der Waals surface area contributed by atoms with Gasteiger partial charge in [0.2, 0.25) is 5.91 Å². The molecule has 0 radical (unpaired) electrons. The Bertz CT molecular complexity index is 252. The van der Waals surface area contributed by atoms with Gasteiger partial charge < -0.3 is 10.0 Å². The van der Waals surface area contributed by atoms with E-state index in [1.54, 1.807) is 4.90 Å². The van der Waals surface area contributed by atoms with Gasteiger partial charge in [-0.05, 0) is 24.7 Å². The molecular formula is C10H15NO3. The van der Waals surface area contributed by atoms with Crippen molar-refractivity contribution in [3.05, 3.63) is 0 Å². The van der Waals surface area contributed by atoms with Crippen LogP contribution >= 0.6 is 0 Å². The maximum Gasteiger partial charge on any atom is 0.312 e. The fourth-order valence-electron chi connectivity index (χ4n) is 2.68. The number of amides is 1. The van der Waals surface area contributed by atoms with Crippen molar-refractivity contribution in [1.82, 2.24) is 4.90 Å². The Morgan fingerprint density at radius 1 is 1.21 bits per heavy atom. The van der Waals surface area contributed by atoms with Gasteiger partial charge in [-0.15, -0.1) is 0 Å². The van der Waals surface area contributed by atoms with E-state index in [0.717, 1.165) is 13.1 Å². The molecule has 2 unspecified atom stereocenters. The molecule has 4 nitrogen and oxygen atoms in total. The second kappa shape index (κ2) is 3.59. The molecule has 0 spiro atoms. The van der Waals surface area contributed by atoms with Crippen molar-refractivity contribution in [2.24, 2.45) is 11.8 Å². The third-order valence-electron chi connectivity index (χ3n) is 3.38. The standard InChI is InChI=1S/C10H15NO3/c12-9(4-10(13)14)11-5-7-2-1-3-8(7)6-11/h7-8H,1-6H2,(H,13,14). The molecule has 1 amide bonds. The molecule has 0 aromatic heterocycles. The minimum atomic E-state index is -1.02. The Kier molecular flexibility index (Phi) is 2.44. The van der Waals surface area contributed by atoms with Crippen LogP contribution in [0.15, 0.2) is 0 Å². The normalized spacial score (nSPS) is 30.4. The van der Waals surface area contributed by atoms with Crippen LogP contribution in [0, 0.1) is 11.8 Å². The number of aliphatic carboxylic acids is 1. The zero-order valence-electron chi connectivity index (χ0n) is 8.11. The van der Waals surface area contributed by atoms with E-state index in [2.05, 4.69) is 0 Å². The summed E-state index contributed by atoms with van der Waals surface area (Å²) in [5.41, 5.74) is 0. The van der Waals surface area contributed by atoms with Crippen LogP contribution in [0.4, 0.5) is 0 Å². The number of fused-ring (bicyclic) bond motifs is 1. The van der Waals surface area contributed by atoms with Crippen LogP contribution < -0.4 is 0 Å². The number of carboxylic acid groups (broad SMARTS) is 1. The van der Waals surface area contributed by atoms with Crippen molar-refractivity contribution in [3.63, 3.8) is 0 Å². The van der Waals surface area contributed by atoms with E-state index in [1.807, 2.05) is 0 Å². The Morgan fingerprint density at radius 3 is 2.29 bits per heavy atom. The highest BCUT2D eigenvalue weighted by Crippen LogP contribution is 2.37. The Morgan fingerprint density at radius 2 is 1.79 bits per heavy atom. The molecule has 14 heavy (non-hydrogen) atoms. The van der Waals surface area contributed by atoms with Gasteiger partial charge in [0.25, 0.3) is 0 Å². The largest absolute Gasteiger partial charge is 0.481 e. The number of hydrogen-bond donors (Lipinski definition) is 1. The topological polar surface area (TPSA) is 57.6 Å². The van der Waals surface area contributed by atoms with Crippen molar-refractivity contribution in [2.75, 3.05) is 13.1 Å². The molecule has 4 heteroatoms. The highest BCUT2D eigenvalue weighted by Gasteiger charge is 2.38. The first-order valence-corrected chi connectivity index (χ1v) is 5.16. The fourth-order valence-corrected chi connectivity index (χ4v) is 2.68. The summed E-state index contributed by atoms with van der Waals surface area (Å²) in [5.74, 6) is 0.0550. The van der Waals surface area contributed by atoms with Crippen LogP contribution in [0.1, 0.15) is 25.7 Å². The molecule has 0 aromatic carbocycles. The molecule has 1 saturated heterocycles. The van der Waals surface area contributed by atoms with Gasteiger partial charge in [-0.3, -0.25) is 9.59 Å². The van der Waals surface area contributed by atoms with E-state index in [1.165, 1.54) is 19.3 Å². The average Bonchev–Trinajstić information content (AvgIpc) is 2.58. The van der Waals surface area contributed by atoms with Crippen molar-refractivity contribution < 1.29 is 14.7 Å². The molecule has 78 valence electrons. The number of nitrogens with zero attached hydrogens (tertiary/aromatic N) is 1. The lowest BCUT2D eigenvalue weighted by molar-refractivity contribution is -0.143. The summed E-state index contributed by atoms with van der Waals surface area (Å²) < 4.78 is 0. The summed E-state index contributed by atoms with van der Waals surface area (Å²) in [6, 6.07) is 0. The Hall–Kier alpha value is -1.06. The first kappa shape index (κ1) is 9.49. The second-order valence-electron chi connectivity index (χ2n) is 4.32. The summed E-state index contributed by atoms with van der Waals surface area (Å²) in [5, 5.41) is 8.50. The quantitative estimate of drug-likeness (QED) is 0.663. The van der Waals surface area contributed by atoms with E-state index in [0.29, 0.717) is 11.8 Å². The predicted molar refractivity (Wildman–Crippen MR) is 49.7 cm³/mol. The average molecular weight is 197 g/mol. The van der Waals surface area contributed by atoms with Crippen molar-refractivity contribution in [1.29, 1.82) is 0 Å². The van der Waals surface area contributed by atoms with Gasteiger partial charge in [0.1, 0.15) is 6.42 Å². The number of rotatable bonds is 2. The molecule has 0 aromatic rings. The predicted octanol–water partition coefficient (Wildman–Crippen LogP) is 0.720. The van der Waals surface area contributed by atoms with Crippen LogP contribution in [-0.4, -0.2) is 35.0 Å². The van der Waals surface area contributed by atoms with Crippen LogP contribution in [0.2, 0.25) is 0 Å². The molecule has 2 fully saturated rings. The van der Waals surface area contributed by atoms with Crippen LogP contribution in [0.5, 0.6) is 0 Å². The molecule has 1 N–H and O–H groups in total. The molecular weight excluding hydrogens is 182 g/mol. The van der Waals surface area contributed by atoms with Crippen LogP contribution in [0.3, 0.4) is 0 Å². The van der Waals surface area contributed by atoms with Gasteiger partial charge in [0.05, 0.1) is 0 Å². The first-order valence-electron chi connectivity index (χ1n) is 5.16. The van der Waals surface area contributed by atoms with E-state index in [4.69, 9.17) is 5.11 Å². The SMILES string of the molecule is O=C(O)CC(=O)N1CC2CCCC2C1. The summed E-state index contributed by atoms with van der Waals surface area (Å²) in [6.45, 7) is 1.58. The zero-order valence-corrected chi connectivity index (χ0v) is 8.11. The van der Waals surface area contributed by atoms with Crippen LogP contribution in [0.25, 0.3) is 0 Å². The molecule has 0 bridgehead atoms. The van der Waals surface area contributed by atoms with Gasteiger partial charge >= 0.3 is 5.97 Å². The molecule has 1 aliphatic carbocycles. The molecule has 1 aliphatic heterocycles. The van der Waals surface area contributed by atoms with Gasteiger partial charge in [-0.1, -0.05) is 6.42 Å². The lowest BCUT2D eigenvalue weighted by Gasteiger charge is -2.15. The van der Waals surface area contributed by atoms with E-state index >= 15 is 0 Å². The second-order valence-corrected chi connectivity index (χ2v) is 4.32. The van der Waals surface area contributed by atoms with Crippen molar-refractivity contribution >= 4 is 11.9 Å².